The lowest BCUT2D eigenvalue weighted by molar-refractivity contribution is -0.885. The lowest BCUT2D eigenvalue weighted by Crippen LogP contribution is -3.08. The molecule has 1 unspecified atom stereocenters. The van der Waals surface area contributed by atoms with Gasteiger partial charge in [0.2, 0.25) is 0 Å². The lowest BCUT2D eigenvalue weighted by atomic mass is 10.1. The van der Waals surface area contributed by atoms with Crippen molar-refractivity contribution in [3.8, 4) is 0 Å². The highest BCUT2D eigenvalue weighted by atomic mass is 35.5. The van der Waals surface area contributed by atoms with Crippen molar-refractivity contribution in [2.75, 3.05) is 18.9 Å². The Labute approximate surface area is 168 Å². The molecule has 1 aromatic heterocycles. The van der Waals surface area contributed by atoms with Gasteiger partial charge < -0.3 is 15.2 Å². The number of anilines is 1. The summed E-state index contributed by atoms with van der Waals surface area (Å²) in [6.45, 7) is 6.68. The second-order valence-electron chi connectivity index (χ2n) is 7.31. The van der Waals surface area contributed by atoms with Gasteiger partial charge in [-0.25, -0.2) is 4.98 Å². The summed E-state index contributed by atoms with van der Waals surface area (Å²) in [5, 5.41) is 4.02. The number of aryl methyl sites for hydroxylation is 3. The Bertz CT molecular complexity index is 1080. The zero-order chi connectivity index (χ0) is 20.4. The maximum Gasteiger partial charge on any atom is 0.279 e. The molecule has 1 heterocycles. The average molecular weight is 400 g/mol. The van der Waals surface area contributed by atoms with Gasteiger partial charge >= 0.3 is 0 Å². The number of aromatic amines is 1. The van der Waals surface area contributed by atoms with E-state index in [4.69, 9.17) is 11.6 Å². The third-order valence-electron chi connectivity index (χ3n) is 4.59. The molecule has 6 nitrogen and oxygen atoms in total. The van der Waals surface area contributed by atoms with Gasteiger partial charge in [-0.3, -0.25) is 9.59 Å². The maximum atomic E-state index is 12.5. The van der Waals surface area contributed by atoms with E-state index in [1.54, 1.807) is 18.2 Å². The molecule has 146 valence electrons. The summed E-state index contributed by atoms with van der Waals surface area (Å²) in [6, 6.07) is 9.09. The van der Waals surface area contributed by atoms with Crippen molar-refractivity contribution in [1.29, 1.82) is 0 Å². The molecular weight excluding hydrogens is 376 g/mol. The standard InChI is InChI=1S/C21H23ClN4O2/c1-12-7-13(2)20(14(3)8-12)25-19(27)11-26(4)10-18-23-17-9-15(22)5-6-16(17)21(28)24-18/h5-9H,10-11H2,1-4H3,(H,25,27)(H,23,24,28)/p+1. The molecule has 0 aliphatic carbocycles. The number of amides is 1. The van der Waals surface area contributed by atoms with Crippen LogP contribution in [0.4, 0.5) is 5.69 Å². The number of rotatable bonds is 5. The number of nitrogens with one attached hydrogen (secondary N) is 3. The van der Waals surface area contributed by atoms with Crippen LogP contribution < -0.4 is 15.8 Å². The average Bonchev–Trinajstić information content (AvgIpc) is 2.57. The molecule has 0 aliphatic heterocycles. The van der Waals surface area contributed by atoms with Gasteiger partial charge in [-0.05, 0) is 50.1 Å². The van der Waals surface area contributed by atoms with Gasteiger partial charge in [0.15, 0.2) is 12.4 Å². The van der Waals surface area contributed by atoms with Crippen LogP contribution >= 0.6 is 11.6 Å². The Kier molecular flexibility index (Phi) is 5.82. The van der Waals surface area contributed by atoms with Crippen molar-refractivity contribution < 1.29 is 9.69 Å². The number of benzene rings is 2. The molecule has 0 bridgehead atoms. The van der Waals surface area contributed by atoms with Crippen LogP contribution in [-0.2, 0) is 11.3 Å². The highest BCUT2D eigenvalue weighted by Gasteiger charge is 2.15. The number of likely N-dealkylation sites (N-methyl/N-ethyl adjacent to an activating group) is 1. The summed E-state index contributed by atoms with van der Waals surface area (Å²) in [5.41, 5.74) is 4.45. The van der Waals surface area contributed by atoms with E-state index in [1.807, 2.05) is 40.0 Å². The summed E-state index contributed by atoms with van der Waals surface area (Å²) in [6.07, 6.45) is 0. The van der Waals surface area contributed by atoms with Gasteiger partial charge in [0.25, 0.3) is 11.5 Å². The summed E-state index contributed by atoms with van der Waals surface area (Å²) >= 11 is 6.00. The Morgan fingerprint density at radius 1 is 1.18 bits per heavy atom. The molecule has 0 aliphatic rings. The quantitative estimate of drug-likeness (QED) is 0.615. The minimum atomic E-state index is -0.208. The first-order chi connectivity index (χ1) is 13.2. The van der Waals surface area contributed by atoms with Crippen LogP contribution in [0.1, 0.15) is 22.5 Å². The number of carbonyl (C=O) groups is 1. The number of carbonyl (C=O) groups excluding carboxylic acids is 1. The fourth-order valence-corrected chi connectivity index (χ4v) is 3.59. The second-order valence-corrected chi connectivity index (χ2v) is 7.74. The van der Waals surface area contributed by atoms with Gasteiger partial charge in [-0.1, -0.05) is 29.3 Å². The van der Waals surface area contributed by atoms with Crippen LogP contribution in [0.5, 0.6) is 0 Å². The van der Waals surface area contributed by atoms with Crippen molar-refractivity contribution in [3.63, 3.8) is 0 Å². The van der Waals surface area contributed by atoms with E-state index in [0.29, 0.717) is 28.3 Å². The van der Waals surface area contributed by atoms with Crippen molar-refractivity contribution in [3.05, 3.63) is 68.2 Å². The molecule has 7 heteroatoms. The molecule has 3 aromatic rings. The molecule has 2 aromatic carbocycles. The van der Waals surface area contributed by atoms with E-state index in [2.05, 4.69) is 15.3 Å². The van der Waals surface area contributed by atoms with E-state index in [-0.39, 0.29) is 18.0 Å². The van der Waals surface area contributed by atoms with Crippen molar-refractivity contribution in [1.82, 2.24) is 9.97 Å². The van der Waals surface area contributed by atoms with Gasteiger partial charge in [0.1, 0.15) is 6.54 Å². The molecule has 0 spiro atoms. The molecule has 28 heavy (non-hydrogen) atoms. The number of hydrogen-bond acceptors (Lipinski definition) is 3. The van der Waals surface area contributed by atoms with E-state index >= 15 is 0 Å². The molecule has 0 radical (unpaired) electrons. The minimum absolute atomic E-state index is 0.0845. The fraction of sp³-hybridized carbons (Fsp3) is 0.286. The van der Waals surface area contributed by atoms with E-state index < -0.39 is 0 Å². The highest BCUT2D eigenvalue weighted by Crippen LogP contribution is 2.21. The Hall–Kier alpha value is -2.70. The zero-order valence-corrected chi connectivity index (χ0v) is 17.2. The molecule has 3 rings (SSSR count). The predicted molar refractivity (Wildman–Crippen MR) is 112 cm³/mol. The number of quaternary nitrogens is 1. The Morgan fingerprint density at radius 3 is 2.54 bits per heavy atom. The number of nitrogens with zero attached hydrogens (tertiary/aromatic N) is 1. The van der Waals surface area contributed by atoms with Crippen molar-refractivity contribution in [2.24, 2.45) is 0 Å². The monoisotopic (exact) mass is 399 g/mol. The fourth-order valence-electron chi connectivity index (χ4n) is 3.43. The number of H-pyrrole nitrogens is 1. The maximum absolute atomic E-state index is 12.5. The normalized spacial score (nSPS) is 12.2. The Balaban J connectivity index is 1.70. The van der Waals surface area contributed by atoms with Crippen LogP contribution in [0.25, 0.3) is 10.9 Å². The summed E-state index contributed by atoms with van der Waals surface area (Å²) in [4.78, 5) is 32.9. The largest absolute Gasteiger partial charge is 0.323 e. The van der Waals surface area contributed by atoms with E-state index in [1.165, 1.54) is 5.56 Å². The first-order valence-corrected chi connectivity index (χ1v) is 9.48. The van der Waals surface area contributed by atoms with Gasteiger partial charge in [0, 0.05) is 10.7 Å². The van der Waals surface area contributed by atoms with Gasteiger partial charge in [0.05, 0.1) is 18.0 Å². The topological polar surface area (TPSA) is 79.3 Å². The van der Waals surface area contributed by atoms with Crippen LogP contribution in [0.15, 0.2) is 35.1 Å². The SMILES string of the molecule is Cc1cc(C)c(NC(=O)C[NH+](C)Cc2nc3cc(Cl)ccc3c(=O)[nH]2)c(C)c1. The third kappa shape index (κ3) is 4.58. The number of fused-ring (bicyclic) bond motifs is 1. The third-order valence-corrected chi connectivity index (χ3v) is 4.83. The molecular formula is C21H24ClN4O2+. The van der Waals surface area contributed by atoms with Crippen LogP contribution in [0.2, 0.25) is 5.02 Å². The van der Waals surface area contributed by atoms with Crippen LogP contribution in [0, 0.1) is 20.8 Å². The van der Waals surface area contributed by atoms with Gasteiger partial charge in [-0.2, -0.15) is 0 Å². The predicted octanol–water partition coefficient (Wildman–Crippen LogP) is 2.16. The molecule has 1 atom stereocenters. The summed E-state index contributed by atoms with van der Waals surface area (Å²) in [5.74, 6) is 0.437. The lowest BCUT2D eigenvalue weighted by Gasteiger charge is -2.16. The number of halogens is 1. The Morgan fingerprint density at radius 2 is 1.86 bits per heavy atom. The van der Waals surface area contributed by atoms with Crippen molar-refractivity contribution >= 4 is 34.1 Å². The van der Waals surface area contributed by atoms with E-state index in [0.717, 1.165) is 21.7 Å². The molecule has 0 saturated heterocycles. The van der Waals surface area contributed by atoms with Crippen molar-refractivity contribution in [2.45, 2.75) is 27.3 Å². The molecule has 3 N–H and O–H groups in total. The smallest absolute Gasteiger partial charge is 0.279 e. The first-order valence-electron chi connectivity index (χ1n) is 9.10. The van der Waals surface area contributed by atoms with Crippen LogP contribution in [0.3, 0.4) is 0 Å². The summed E-state index contributed by atoms with van der Waals surface area (Å²) in [7, 11) is 1.89. The molecule has 0 fully saturated rings. The van der Waals surface area contributed by atoms with E-state index in [9.17, 15) is 9.59 Å². The zero-order valence-electron chi connectivity index (χ0n) is 16.4. The number of aromatic nitrogens is 2. The van der Waals surface area contributed by atoms with Gasteiger partial charge in [-0.15, -0.1) is 0 Å². The summed E-state index contributed by atoms with van der Waals surface area (Å²) < 4.78 is 0. The molecule has 1 amide bonds. The molecule has 0 saturated carbocycles. The second kappa shape index (κ2) is 8.12. The first kappa shape index (κ1) is 20.0. The minimum Gasteiger partial charge on any atom is -0.323 e. The van der Waals surface area contributed by atoms with Crippen LogP contribution in [-0.4, -0.2) is 29.5 Å². The highest BCUT2D eigenvalue weighted by molar-refractivity contribution is 6.31. The number of hydrogen-bond donors (Lipinski definition) is 3.